The number of aliphatic hydroxyl groups excluding tert-OH is 1. The molecule has 0 aromatic carbocycles. The molecule has 0 heterocycles. The standard InChI is InChI=1S/C84H164O17P2/c1-7-10-12-14-16-18-20-22-24-26-28-30-35-39-43-47-54-60-66-81(86)94-72-79(100-83(88)68-62-56-48-44-40-36-31-29-27-25-23-21-19-17-15-13-11-8-2)74-98-102(90,91)96-70-78(85)71-97-103(92,93)99-75-80(73-95-82(87)67-61-55-51-50-53-59-65-77(6)9-3)101-84(89)69-63-57-49-45-41-37-33-32-34-38-42-46-52-58-64-76(4)5/h76-80,85H,7-75H2,1-6H3,(H,90,91)(H,92,93)/t77?,78-,79-,80-/m1/s1. The van der Waals surface area contributed by atoms with Crippen molar-refractivity contribution in [3.05, 3.63) is 0 Å². The Kier molecular flexibility index (Phi) is 74.1. The highest BCUT2D eigenvalue weighted by Gasteiger charge is 2.30. The van der Waals surface area contributed by atoms with Crippen LogP contribution >= 0.6 is 15.6 Å². The van der Waals surface area contributed by atoms with Gasteiger partial charge in [-0.15, -0.1) is 0 Å². The first kappa shape index (κ1) is 101. The van der Waals surface area contributed by atoms with E-state index in [1.807, 2.05) is 0 Å². The summed E-state index contributed by atoms with van der Waals surface area (Å²) in [6.07, 6.45) is 66.7. The van der Waals surface area contributed by atoms with Crippen molar-refractivity contribution < 1.29 is 80.2 Å². The first-order valence-corrected chi connectivity index (χ1v) is 46.5. The van der Waals surface area contributed by atoms with E-state index in [0.29, 0.717) is 25.7 Å². The summed E-state index contributed by atoms with van der Waals surface area (Å²) in [5.74, 6) is -0.579. The van der Waals surface area contributed by atoms with Crippen LogP contribution in [0.4, 0.5) is 0 Å². The van der Waals surface area contributed by atoms with E-state index in [1.165, 1.54) is 257 Å². The van der Waals surface area contributed by atoms with Crippen LogP contribution in [0.25, 0.3) is 0 Å². The Bertz CT molecular complexity index is 1980. The maximum Gasteiger partial charge on any atom is 0.472 e. The van der Waals surface area contributed by atoms with Gasteiger partial charge in [-0.25, -0.2) is 9.13 Å². The SMILES string of the molecule is CCCCCCCCCCCCCCCCCCCCC(=O)OC[C@H](COP(=O)(O)OC[C@@H](O)COP(=O)(O)OC[C@@H](COC(=O)CCCCCCCCC(C)CC)OC(=O)CCCCCCCCCCCCCCCCC(C)C)OC(=O)CCCCCCCCCCCCCCCCCCCC. The van der Waals surface area contributed by atoms with Crippen LogP contribution in [0, 0.1) is 11.8 Å². The van der Waals surface area contributed by atoms with Gasteiger partial charge in [0.1, 0.15) is 19.3 Å². The maximum atomic E-state index is 13.1. The quantitative estimate of drug-likeness (QED) is 0.0222. The molecule has 0 amide bonds. The Labute approximate surface area is 632 Å². The molecule has 0 saturated carbocycles. The van der Waals surface area contributed by atoms with E-state index >= 15 is 0 Å². The van der Waals surface area contributed by atoms with Gasteiger partial charge in [-0.1, -0.05) is 395 Å². The number of unbranched alkanes of at least 4 members (excludes halogenated alkanes) is 52. The normalized spacial score (nSPS) is 14.1. The minimum atomic E-state index is -4.96. The Balaban J connectivity index is 5.24. The second kappa shape index (κ2) is 75.5. The Hall–Kier alpha value is -1.94. The predicted molar refractivity (Wildman–Crippen MR) is 423 cm³/mol. The average Bonchev–Trinajstić information content (AvgIpc) is 0.919. The lowest BCUT2D eigenvalue weighted by molar-refractivity contribution is -0.161. The molecule has 0 saturated heterocycles. The van der Waals surface area contributed by atoms with Gasteiger partial charge in [-0.05, 0) is 37.5 Å². The molecular formula is C84H164O17P2. The van der Waals surface area contributed by atoms with Crippen molar-refractivity contribution in [3.8, 4) is 0 Å². The molecule has 0 aromatic heterocycles. The lowest BCUT2D eigenvalue weighted by Crippen LogP contribution is -2.30. The molecule has 0 aromatic rings. The van der Waals surface area contributed by atoms with Crippen LogP contribution in [0.15, 0.2) is 0 Å². The van der Waals surface area contributed by atoms with Crippen LogP contribution in [-0.4, -0.2) is 96.7 Å². The summed E-state index contributed by atoms with van der Waals surface area (Å²) < 4.78 is 68.8. The van der Waals surface area contributed by atoms with Crippen LogP contribution in [-0.2, 0) is 65.4 Å². The van der Waals surface area contributed by atoms with Crippen LogP contribution in [0.3, 0.4) is 0 Å². The molecule has 3 N–H and O–H groups in total. The molecular weight excluding hydrogens is 1340 g/mol. The van der Waals surface area contributed by atoms with E-state index in [0.717, 1.165) is 108 Å². The van der Waals surface area contributed by atoms with Gasteiger partial charge in [0.25, 0.3) is 0 Å². The minimum absolute atomic E-state index is 0.107. The summed E-state index contributed by atoms with van der Waals surface area (Å²) in [5, 5.41) is 10.7. The molecule has 19 heteroatoms. The fraction of sp³-hybridized carbons (Fsp3) is 0.952. The van der Waals surface area contributed by atoms with E-state index in [2.05, 4.69) is 41.5 Å². The summed E-state index contributed by atoms with van der Waals surface area (Å²) in [6, 6.07) is 0. The number of rotatable bonds is 83. The number of phosphoric acid groups is 2. The van der Waals surface area contributed by atoms with Gasteiger partial charge in [0.15, 0.2) is 12.2 Å². The molecule has 0 fully saturated rings. The van der Waals surface area contributed by atoms with Crippen molar-refractivity contribution >= 4 is 39.5 Å². The average molecular weight is 1510 g/mol. The Morgan fingerprint density at radius 2 is 0.495 bits per heavy atom. The van der Waals surface area contributed by atoms with Gasteiger partial charge >= 0.3 is 39.5 Å². The van der Waals surface area contributed by atoms with E-state index in [-0.39, 0.29) is 25.7 Å². The van der Waals surface area contributed by atoms with E-state index < -0.39 is 97.5 Å². The van der Waals surface area contributed by atoms with Gasteiger partial charge in [0.2, 0.25) is 0 Å². The Morgan fingerprint density at radius 1 is 0.282 bits per heavy atom. The van der Waals surface area contributed by atoms with Crippen molar-refractivity contribution in [2.24, 2.45) is 11.8 Å². The summed E-state index contributed by atoms with van der Waals surface area (Å²) >= 11 is 0. The first-order valence-electron chi connectivity index (χ1n) is 43.5. The molecule has 103 heavy (non-hydrogen) atoms. The minimum Gasteiger partial charge on any atom is -0.462 e. The molecule has 0 aliphatic rings. The molecule has 0 bridgehead atoms. The van der Waals surface area contributed by atoms with Crippen molar-refractivity contribution in [1.29, 1.82) is 0 Å². The summed E-state index contributed by atoms with van der Waals surface area (Å²) in [6.45, 7) is 9.64. The third-order valence-corrected chi connectivity index (χ3v) is 22.0. The second-order valence-corrected chi connectivity index (χ2v) is 33.8. The van der Waals surface area contributed by atoms with Gasteiger partial charge in [-0.2, -0.15) is 0 Å². The molecule has 6 atom stereocenters. The monoisotopic (exact) mass is 1510 g/mol. The summed E-state index contributed by atoms with van der Waals surface area (Å²) in [4.78, 5) is 73.2. The molecule has 0 aliphatic carbocycles. The molecule has 612 valence electrons. The van der Waals surface area contributed by atoms with Gasteiger partial charge in [0, 0.05) is 25.7 Å². The predicted octanol–water partition coefficient (Wildman–Crippen LogP) is 25.5. The zero-order chi connectivity index (χ0) is 75.6. The number of hydrogen-bond acceptors (Lipinski definition) is 15. The van der Waals surface area contributed by atoms with E-state index in [1.54, 1.807) is 0 Å². The number of phosphoric ester groups is 2. The zero-order valence-corrected chi connectivity index (χ0v) is 69.4. The van der Waals surface area contributed by atoms with Crippen molar-refractivity contribution in [1.82, 2.24) is 0 Å². The third-order valence-electron chi connectivity index (χ3n) is 20.1. The highest BCUT2D eigenvalue weighted by molar-refractivity contribution is 7.47. The van der Waals surface area contributed by atoms with E-state index in [4.69, 9.17) is 37.0 Å². The number of ether oxygens (including phenoxy) is 4. The third kappa shape index (κ3) is 76.6. The molecule has 17 nitrogen and oxygen atoms in total. The zero-order valence-electron chi connectivity index (χ0n) is 67.6. The van der Waals surface area contributed by atoms with Crippen molar-refractivity contribution in [3.63, 3.8) is 0 Å². The highest BCUT2D eigenvalue weighted by atomic mass is 31.2. The highest BCUT2D eigenvalue weighted by Crippen LogP contribution is 2.45. The Morgan fingerprint density at radius 3 is 0.738 bits per heavy atom. The van der Waals surface area contributed by atoms with Gasteiger partial charge < -0.3 is 33.8 Å². The van der Waals surface area contributed by atoms with Crippen molar-refractivity contribution in [2.75, 3.05) is 39.6 Å². The maximum absolute atomic E-state index is 13.1. The van der Waals surface area contributed by atoms with Crippen LogP contribution in [0.1, 0.15) is 446 Å². The molecule has 0 aliphatic heterocycles. The number of carbonyl (C=O) groups excluding carboxylic acids is 4. The molecule has 0 rings (SSSR count). The van der Waals surface area contributed by atoms with Gasteiger partial charge in [-0.3, -0.25) is 37.3 Å². The van der Waals surface area contributed by atoms with Crippen molar-refractivity contribution in [2.45, 2.75) is 464 Å². The fourth-order valence-electron chi connectivity index (χ4n) is 13.0. The lowest BCUT2D eigenvalue weighted by Gasteiger charge is -2.21. The number of aliphatic hydroxyl groups is 1. The molecule has 0 radical (unpaired) electrons. The summed E-state index contributed by atoms with van der Waals surface area (Å²) in [7, 11) is -9.93. The number of carbonyl (C=O) groups is 4. The summed E-state index contributed by atoms with van der Waals surface area (Å²) in [5.41, 5.74) is 0. The van der Waals surface area contributed by atoms with Crippen LogP contribution in [0.5, 0.6) is 0 Å². The topological polar surface area (TPSA) is 237 Å². The smallest absolute Gasteiger partial charge is 0.462 e. The van der Waals surface area contributed by atoms with Gasteiger partial charge in [0.05, 0.1) is 26.4 Å². The van der Waals surface area contributed by atoms with E-state index in [9.17, 15) is 43.2 Å². The number of esters is 4. The largest absolute Gasteiger partial charge is 0.472 e. The first-order chi connectivity index (χ1) is 49.9. The molecule has 0 spiro atoms. The molecule has 3 unspecified atom stereocenters. The van der Waals surface area contributed by atoms with Crippen LogP contribution < -0.4 is 0 Å². The second-order valence-electron chi connectivity index (χ2n) is 30.9. The lowest BCUT2D eigenvalue weighted by atomic mass is 10.00. The number of hydrogen-bond donors (Lipinski definition) is 3. The fourth-order valence-corrected chi connectivity index (χ4v) is 14.6. The van der Waals surface area contributed by atoms with Crippen LogP contribution in [0.2, 0.25) is 0 Å².